The van der Waals surface area contributed by atoms with E-state index in [1.165, 1.54) is 30.4 Å². The molecule has 4 heteroatoms. The highest BCUT2D eigenvalue weighted by Crippen LogP contribution is 2.17. The number of benzene rings is 2. The first-order valence-electron chi connectivity index (χ1n) is 12.9. The maximum absolute atomic E-state index is 10.3. The lowest BCUT2D eigenvalue weighted by Gasteiger charge is -2.02. The molecule has 0 bridgehead atoms. The Labute approximate surface area is 217 Å². The van der Waals surface area contributed by atoms with Crippen molar-refractivity contribution in [2.45, 2.75) is 70.5 Å². The summed E-state index contributed by atoms with van der Waals surface area (Å²) in [6, 6.07) is 20.8. The predicted octanol–water partition coefficient (Wildman–Crippen LogP) is 7.51. The highest BCUT2D eigenvalue weighted by Gasteiger charge is 2.01. The van der Waals surface area contributed by atoms with Gasteiger partial charge in [-0.1, -0.05) is 129 Å². The van der Waals surface area contributed by atoms with Crippen molar-refractivity contribution in [3.05, 3.63) is 109 Å². The van der Waals surface area contributed by atoms with Crippen molar-refractivity contribution in [3.63, 3.8) is 0 Å². The molecule has 4 nitrogen and oxygen atoms in total. The lowest BCUT2D eigenvalue weighted by atomic mass is 10.1. The highest BCUT2D eigenvalue weighted by molar-refractivity contribution is 5.66. The van der Waals surface area contributed by atoms with Crippen molar-refractivity contribution in [1.29, 1.82) is 0 Å². The Balaban J connectivity index is 0.000000442. The molecule has 0 amide bonds. The summed E-state index contributed by atoms with van der Waals surface area (Å²) in [5.41, 5.74) is 2.55. The van der Waals surface area contributed by atoms with Gasteiger partial charge in [0.15, 0.2) is 0 Å². The zero-order chi connectivity index (χ0) is 26.3. The van der Waals surface area contributed by atoms with E-state index in [0.29, 0.717) is 19.3 Å². The minimum absolute atomic E-state index is 0.0778. The van der Waals surface area contributed by atoms with E-state index in [4.69, 9.17) is 5.11 Å². The standard InChI is InChI=1S/C20H32O4.C12H10/c1-2-3-4-5-6-9-13-18(21)14-10-7-8-11-15-19(22)16-12-17-20(23)24;1-3-7-11(8-4-1)12-9-5-2-6-10-12/h6-11,14-15,18-19,21-22H,2-5,12-13,16-17H2,1H3,(H,23,24);1-10H/b8-7-,9-6-,14-10+,15-11+;/t18-,19-;/m1./s1. The number of aliphatic carboxylic acids is 1. The number of carboxylic acid groups (broad SMARTS) is 1. The molecule has 2 aromatic carbocycles. The number of carbonyl (C=O) groups is 1. The monoisotopic (exact) mass is 490 g/mol. The summed E-state index contributed by atoms with van der Waals surface area (Å²) in [6.45, 7) is 2.18. The molecule has 0 aromatic heterocycles. The fraction of sp³-hybridized carbons (Fsp3) is 0.344. The zero-order valence-electron chi connectivity index (χ0n) is 21.5. The van der Waals surface area contributed by atoms with E-state index in [9.17, 15) is 15.0 Å². The van der Waals surface area contributed by atoms with Crippen LogP contribution in [0.4, 0.5) is 0 Å². The number of unbranched alkanes of at least 4 members (excludes halogenated alkanes) is 3. The summed E-state index contributed by atoms with van der Waals surface area (Å²) in [5.74, 6) is -0.842. The van der Waals surface area contributed by atoms with Crippen LogP contribution in [0.25, 0.3) is 11.1 Å². The molecule has 0 aliphatic rings. The van der Waals surface area contributed by atoms with Crippen LogP contribution < -0.4 is 0 Å². The van der Waals surface area contributed by atoms with Crippen molar-refractivity contribution in [3.8, 4) is 11.1 Å². The fourth-order valence-corrected chi connectivity index (χ4v) is 3.28. The van der Waals surface area contributed by atoms with Gasteiger partial charge in [0.05, 0.1) is 12.2 Å². The normalized spacial score (nSPS) is 13.3. The van der Waals surface area contributed by atoms with Gasteiger partial charge in [0.1, 0.15) is 0 Å². The van der Waals surface area contributed by atoms with E-state index >= 15 is 0 Å². The van der Waals surface area contributed by atoms with E-state index in [1.54, 1.807) is 36.5 Å². The maximum atomic E-state index is 10.3. The second kappa shape index (κ2) is 21.1. The van der Waals surface area contributed by atoms with Gasteiger partial charge in [-0.25, -0.2) is 0 Å². The summed E-state index contributed by atoms with van der Waals surface area (Å²) < 4.78 is 0. The number of hydrogen-bond acceptors (Lipinski definition) is 3. The molecule has 0 fully saturated rings. The molecular formula is C32H42O4. The van der Waals surface area contributed by atoms with Gasteiger partial charge >= 0.3 is 5.97 Å². The molecule has 0 heterocycles. The minimum Gasteiger partial charge on any atom is -0.481 e. The fourth-order valence-electron chi connectivity index (χ4n) is 3.28. The highest BCUT2D eigenvalue weighted by atomic mass is 16.4. The maximum Gasteiger partial charge on any atom is 0.303 e. The first-order valence-corrected chi connectivity index (χ1v) is 12.9. The van der Waals surface area contributed by atoms with Crippen LogP contribution in [0.15, 0.2) is 109 Å². The van der Waals surface area contributed by atoms with Gasteiger partial charge < -0.3 is 15.3 Å². The van der Waals surface area contributed by atoms with Crippen molar-refractivity contribution in [2.24, 2.45) is 0 Å². The molecule has 0 unspecified atom stereocenters. The average Bonchev–Trinajstić information content (AvgIpc) is 2.89. The second-order valence-corrected chi connectivity index (χ2v) is 8.51. The first-order chi connectivity index (χ1) is 17.5. The second-order valence-electron chi connectivity index (χ2n) is 8.51. The van der Waals surface area contributed by atoms with E-state index in [2.05, 4.69) is 61.5 Å². The molecule has 3 N–H and O–H groups in total. The van der Waals surface area contributed by atoms with Gasteiger partial charge in [0.25, 0.3) is 0 Å². The van der Waals surface area contributed by atoms with Crippen molar-refractivity contribution in [2.75, 3.05) is 0 Å². The van der Waals surface area contributed by atoms with Crippen LogP contribution in [-0.4, -0.2) is 33.5 Å². The molecule has 0 saturated heterocycles. The average molecular weight is 491 g/mol. The van der Waals surface area contributed by atoms with Crippen LogP contribution in [-0.2, 0) is 4.79 Å². The summed E-state index contributed by atoms with van der Waals surface area (Å²) >= 11 is 0. The Morgan fingerprint density at radius 3 is 1.83 bits per heavy atom. The predicted molar refractivity (Wildman–Crippen MR) is 151 cm³/mol. The van der Waals surface area contributed by atoms with E-state index < -0.39 is 18.2 Å². The zero-order valence-corrected chi connectivity index (χ0v) is 21.5. The third-order valence-electron chi connectivity index (χ3n) is 5.29. The number of aliphatic hydroxyl groups is 2. The van der Waals surface area contributed by atoms with Crippen LogP contribution in [0.3, 0.4) is 0 Å². The molecular weight excluding hydrogens is 448 g/mol. The van der Waals surface area contributed by atoms with Crippen molar-refractivity contribution >= 4 is 5.97 Å². The van der Waals surface area contributed by atoms with Gasteiger partial charge in [-0.15, -0.1) is 0 Å². The molecule has 0 radical (unpaired) electrons. The van der Waals surface area contributed by atoms with E-state index in [0.717, 1.165) is 6.42 Å². The summed E-state index contributed by atoms with van der Waals surface area (Å²) in [5, 5.41) is 27.9. The number of aliphatic hydroxyl groups excluding tert-OH is 2. The summed E-state index contributed by atoms with van der Waals surface area (Å²) in [4.78, 5) is 10.3. The van der Waals surface area contributed by atoms with Crippen LogP contribution >= 0.6 is 0 Å². The number of hydrogen-bond donors (Lipinski definition) is 3. The molecule has 0 aliphatic heterocycles. The van der Waals surface area contributed by atoms with Crippen LogP contribution in [0.5, 0.6) is 0 Å². The lowest BCUT2D eigenvalue weighted by Crippen LogP contribution is -2.03. The van der Waals surface area contributed by atoms with Gasteiger partial charge in [0.2, 0.25) is 0 Å². The molecule has 2 rings (SSSR count). The minimum atomic E-state index is -0.842. The van der Waals surface area contributed by atoms with Crippen LogP contribution in [0.1, 0.15) is 58.3 Å². The van der Waals surface area contributed by atoms with Crippen LogP contribution in [0, 0.1) is 0 Å². The topological polar surface area (TPSA) is 77.8 Å². The Morgan fingerprint density at radius 2 is 1.31 bits per heavy atom. The number of carboxylic acids is 1. The van der Waals surface area contributed by atoms with Crippen molar-refractivity contribution < 1.29 is 20.1 Å². The Bertz CT molecular complexity index is 876. The van der Waals surface area contributed by atoms with Crippen molar-refractivity contribution in [1.82, 2.24) is 0 Å². The van der Waals surface area contributed by atoms with Gasteiger partial charge in [-0.05, 0) is 43.2 Å². The SMILES string of the molecule is CCCCC/C=C\C[C@@H](O)/C=C/C=C\C=C\[C@@H](O)CCCC(=O)O.c1ccc(-c2ccccc2)cc1. The molecule has 0 aliphatic carbocycles. The van der Waals surface area contributed by atoms with Gasteiger partial charge in [-0.3, -0.25) is 4.79 Å². The number of allylic oxidation sites excluding steroid dienone is 5. The number of rotatable bonds is 15. The molecule has 194 valence electrons. The summed E-state index contributed by atoms with van der Waals surface area (Å²) in [7, 11) is 0. The third kappa shape index (κ3) is 17.3. The van der Waals surface area contributed by atoms with Gasteiger partial charge in [-0.2, -0.15) is 0 Å². The first kappa shape index (κ1) is 30.8. The Morgan fingerprint density at radius 1 is 0.750 bits per heavy atom. The molecule has 0 spiro atoms. The van der Waals surface area contributed by atoms with E-state index in [1.807, 2.05) is 18.2 Å². The van der Waals surface area contributed by atoms with E-state index in [-0.39, 0.29) is 6.42 Å². The summed E-state index contributed by atoms with van der Waals surface area (Å²) in [6.07, 6.45) is 19.8. The molecule has 2 atom stereocenters. The Kier molecular flexibility index (Phi) is 18.1. The quantitative estimate of drug-likeness (QED) is 0.137. The van der Waals surface area contributed by atoms with Gasteiger partial charge in [0, 0.05) is 6.42 Å². The molecule has 36 heavy (non-hydrogen) atoms. The molecule has 2 aromatic rings. The third-order valence-corrected chi connectivity index (χ3v) is 5.29. The molecule has 0 saturated carbocycles. The van der Waals surface area contributed by atoms with Crippen LogP contribution in [0.2, 0.25) is 0 Å². The Hall–Kier alpha value is -3.21. The largest absolute Gasteiger partial charge is 0.481 e. The smallest absolute Gasteiger partial charge is 0.303 e. The lowest BCUT2D eigenvalue weighted by molar-refractivity contribution is -0.137.